The first kappa shape index (κ1) is 37.0. The standard InChI is InChI=1S/C29H45NO6.C2H4/c1-4-5-6-7-8-9-10-11-12-13-14-15-16-17-18-19-20-21-26(33)36-24-29(2,3)27(34)28(35)30-23-22-25(31)32;1-2/h5-6,8-9,11-12,14-15,17-18,27,34H,4,7,10,13,16,19-24H2,1-3H3,(H,30,35)(H,31,32);1-2H2/b6-5-,9-8-,12-11-,15-14-,18-17-;/t27-;/m0./s1. The van der Waals surface area contributed by atoms with Crippen molar-refractivity contribution in [2.24, 2.45) is 5.41 Å². The maximum absolute atomic E-state index is 12.0. The second-order valence-electron chi connectivity index (χ2n) is 9.09. The lowest BCUT2D eigenvalue weighted by molar-refractivity contribution is -0.153. The van der Waals surface area contributed by atoms with Crippen LogP contribution in [-0.4, -0.2) is 47.3 Å². The van der Waals surface area contributed by atoms with E-state index in [1.807, 2.05) is 6.08 Å². The Balaban J connectivity index is 0. The lowest BCUT2D eigenvalue weighted by Gasteiger charge is -2.28. The molecule has 214 valence electrons. The number of esters is 1. The van der Waals surface area contributed by atoms with Gasteiger partial charge in [-0.3, -0.25) is 14.4 Å². The van der Waals surface area contributed by atoms with Gasteiger partial charge in [0.1, 0.15) is 6.10 Å². The highest BCUT2D eigenvalue weighted by molar-refractivity contribution is 5.81. The zero-order valence-electron chi connectivity index (χ0n) is 23.6. The van der Waals surface area contributed by atoms with Gasteiger partial charge in [0.05, 0.1) is 13.0 Å². The second-order valence-corrected chi connectivity index (χ2v) is 9.09. The largest absolute Gasteiger partial charge is 0.481 e. The van der Waals surface area contributed by atoms with Crippen LogP contribution in [-0.2, 0) is 19.1 Å². The van der Waals surface area contributed by atoms with Crippen LogP contribution in [0.5, 0.6) is 0 Å². The molecule has 0 bridgehead atoms. The Morgan fingerprint density at radius 1 is 0.842 bits per heavy atom. The summed E-state index contributed by atoms with van der Waals surface area (Å²) >= 11 is 0. The number of aliphatic hydroxyl groups excluding tert-OH is 1. The van der Waals surface area contributed by atoms with Crippen molar-refractivity contribution in [3.8, 4) is 0 Å². The number of aliphatic hydroxyl groups is 1. The summed E-state index contributed by atoms with van der Waals surface area (Å²) in [6, 6.07) is 0. The van der Waals surface area contributed by atoms with E-state index in [0.29, 0.717) is 6.42 Å². The van der Waals surface area contributed by atoms with E-state index in [1.165, 1.54) is 0 Å². The van der Waals surface area contributed by atoms with Crippen LogP contribution in [0.3, 0.4) is 0 Å². The van der Waals surface area contributed by atoms with Gasteiger partial charge in [0, 0.05) is 18.4 Å². The number of hydrogen-bond donors (Lipinski definition) is 3. The topological polar surface area (TPSA) is 113 Å². The third-order valence-electron chi connectivity index (χ3n) is 5.14. The van der Waals surface area contributed by atoms with Crippen LogP contribution in [0.25, 0.3) is 0 Å². The molecule has 0 aliphatic carbocycles. The molecule has 7 nitrogen and oxygen atoms in total. The Bertz CT molecular complexity index is 792. The van der Waals surface area contributed by atoms with Crippen molar-refractivity contribution < 1.29 is 29.3 Å². The number of nitrogens with one attached hydrogen (secondary N) is 1. The Morgan fingerprint density at radius 2 is 1.32 bits per heavy atom. The SMILES string of the molecule is C=C.CC/C=C\C/C=C\C/C=C\C/C=C\C/C=C\CCCC(=O)OCC(C)(C)[C@@H](O)C(=O)NCCC(=O)O. The molecule has 38 heavy (non-hydrogen) atoms. The number of hydrogen-bond acceptors (Lipinski definition) is 5. The van der Waals surface area contributed by atoms with Crippen molar-refractivity contribution in [1.82, 2.24) is 5.32 Å². The van der Waals surface area contributed by atoms with Crippen LogP contribution in [0.15, 0.2) is 73.9 Å². The van der Waals surface area contributed by atoms with Gasteiger partial charge in [-0.05, 0) is 44.9 Å². The van der Waals surface area contributed by atoms with Crippen LogP contribution in [0.1, 0.15) is 78.6 Å². The molecule has 1 atom stereocenters. The Labute approximate surface area is 229 Å². The fraction of sp³-hybridized carbons (Fsp3) is 0.516. The van der Waals surface area contributed by atoms with E-state index < -0.39 is 23.4 Å². The van der Waals surface area contributed by atoms with Crippen LogP contribution in [0, 0.1) is 5.41 Å². The van der Waals surface area contributed by atoms with Gasteiger partial charge in [-0.15, -0.1) is 13.2 Å². The van der Waals surface area contributed by atoms with E-state index in [1.54, 1.807) is 13.8 Å². The molecule has 3 N–H and O–H groups in total. The summed E-state index contributed by atoms with van der Waals surface area (Å²) in [5, 5.41) is 21.1. The van der Waals surface area contributed by atoms with Gasteiger partial charge < -0.3 is 20.3 Å². The lowest BCUT2D eigenvalue weighted by atomic mass is 9.87. The molecule has 0 saturated carbocycles. The number of amides is 1. The van der Waals surface area contributed by atoms with E-state index >= 15 is 0 Å². The maximum atomic E-state index is 12.0. The molecule has 1 amide bonds. The fourth-order valence-electron chi connectivity index (χ4n) is 2.89. The summed E-state index contributed by atoms with van der Waals surface area (Å²) in [6.07, 6.45) is 26.2. The van der Waals surface area contributed by atoms with Crippen LogP contribution in [0.4, 0.5) is 0 Å². The van der Waals surface area contributed by atoms with Gasteiger partial charge in [0.2, 0.25) is 5.91 Å². The number of carboxylic acids is 1. The van der Waals surface area contributed by atoms with Crippen LogP contribution in [0.2, 0.25) is 0 Å². The minimum absolute atomic E-state index is 0.0725. The Morgan fingerprint density at radius 3 is 1.79 bits per heavy atom. The molecule has 7 heteroatoms. The summed E-state index contributed by atoms with van der Waals surface area (Å²) in [7, 11) is 0. The van der Waals surface area contributed by atoms with Crippen molar-refractivity contribution in [3.63, 3.8) is 0 Å². The van der Waals surface area contributed by atoms with Crippen LogP contribution >= 0.6 is 0 Å². The van der Waals surface area contributed by atoms with Gasteiger partial charge in [-0.2, -0.15) is 0 Å². The molecule has 0 spiro atoms. The van der Waals surface area contributed by atoms with Gasteiger partial charge in [-0.25, -0.2) is 0 Å². The van der Waals surface area contributed by atoms with E-state index in [0.717, 1.165) is 38.5 Å². The molecule has 0 saturated heterocycles. The summed E-state index contributed by atoms with van der Waals surface area (Å²) in [5.74, 6) is -2.10. The number of ether oxygens (including phenoxy) is 1. The number of unbranched alkanes of at least 4 members (excludes halogenated alkanes) is 1. The molecule has 0 fully saturated rings. The molecule has 0 aliphatic heterocycles. The third kappa shape index (κ3) is 23.2. The fourth-order valence-corrected chi connectivity index (χ4v) is 2.89. The number of carbonyl (C=O) groups excluding carboxylic acids is 2. The van der Waals surface area contributed by atoms with Crippen molar-refractivity contribution in [2.75, 3.05) is 13.2 Å². The van der Waals surface area contributed by atoms with Gasteiger partial charge in [0.25, 0.3) is 0 Å². The van der Waals surface area contributed by atoms with E-state index in [2.05, 4.69) is 80.1 Å². The van der Waals surface area contributed by atoms with Crippen LogP contribution < -0.4 is 5.32 Å². The van der Waals surface area contributed by atoms with Crippen molar-refractivity contribution >= 4 is 17.8 Å². The predicted octanol–water partition coefficient (Wildman–Crippen LogP) is 6.23. The van der Waals surface area contributed by atoms with Gasteiger partial charge >= 0.3 is 11.9 Å². The lowest BCUT2D eigenvalue weighted by Crippen LogP contribution is -2.46. The molecular weight excluding hydrogens is 482 g/mol. The first-order valence-corrected chi connectivity index (χ1v) is 13.3. The maximum Gasteiger partial charge on any atom is 0.305 e. The third-order valence-corrected chi connectivity index (χ3v) is 5.14. The van der Waals surface area contributed by atoms with E-state index in [4.69, 9.17) is 9.84 Å². The van der Waals surface area contributed by atoms with E-state index in [-0.39, 0.29) is 32.0 Å². The molecule has 0 rings (SSSR count). The highest BCUT2D eigenvalue weighted by Crippen LogP contribution is 2.22. The summed E-state index contributed by atoms with van der Waals surface area (Å²) < 4.78 is 5.23. The smallest absolute Gasteiger partial charge is 0.305 e. The summed E-state index contributed by atoms with van der Waals surface area (Å²) in [4.78, 5) is 34.4. The minimum atomic E-state index is -1.42. The summed E-state index contributed by atoms with van der Waals surface area (Å²) in [5.41, 5.74) is -0.993. The molecular formula is C31H49NO6. The van der Waals surface area contributed by atoms with Gasteiger partial charge in [0.15, 0.2) is 0 Å². The molecule has 0 radical (unpaired) electrons. The molecule has 0 aromatic heterocycles. The second kappa shape index (κ2) is 25.5. The zero-order chi connectivity index (χ0) is 29.1. The first-order chi connectivity index (χ1) is 18.2. The Hall–Kier alpha value is -3.19. The monoisotopic (exact) mass is 531 g/mol. The predicted molar refractivity (Wildman–Crippen MR) is 156 cm³/mol. The molecule has 0 aromatic carbocycles. The van der Waals surface area contributed by atoms with Crippen molar-refractivity contribution in [1.29, 1.82) is 0 Å². The highest BCUT2D eigenvalue weighted by atomic mass is 16.5. The first-order valence-electron chi connectivity index (χ1n) is 13.3. The minimum Gasteiger partial charge on any atom is -0.481 e. The molecule has 0 aliphatic rings. The number of rotatable bonds is 20. The molecule has 0 unspecified atom stereocenters. The number of allylic oxidation sites excluding steroid dienone is 10. The number of carbonyl (C=O) groups is 3. The Kier molecular flexibility index (Phi) is 24.8. The highest BCUT2D eigenvalue weighted by Gasteiger charge is 2.34. The van der Waals surface area contributed by atoms with Crippen molar-refractivity contribution in [2.45, 2.75) is 84.7 Å². The molecule has 0 heterocycles. The summed E-state index contributed by atoms with van der Waals surface area (Å²) in [6.45, 7) is 11.2. The molecule has 0 aromatic rings. The normalized spacial score (nSPS) is 12.8. The quantitative estimate of drug-likeness (QED) is 0.0975. The average Bonchev–Trinajstić information content (AvgIpc) is 2.89. The number of carboxylic acid groups (broad SMARTS) is 1. The van der Waals surface area contributed by atoms with E-state index in [9.17, 15) is 19.5 Å². The average molecular weight is 532 g/mol. The van der Waals surface area contributed by atoms with Gasteiger partial charge in [-0.1, -0.05) is 81.5 Å². The number of aliphatic carboxylic acids is 1. The van der Waals surface area contributed by atoms with Crippen molar-refractivity contribution in [3.05, 3.63) is 73.9 Å². The zero-order valence-corrected chi connectivity index (χ0v) is 23.6.